The number of rotatable bonds is 4. The SMILES string of the molecule is CC(=CCl)CNCC1(O)CCCC(C)C1. The Morgan fingerprint density at radius 2 is 2.40 bits per heavy atom. The normalized spacial score (nSPS) is 33.1. The zero-order chi connectivity index (χ0) is 11.3. The molecule has 1 fully saturated rings. The molecule has 2 N–H and O–H groups in total. The third-order valence-electron chi connectivity index (χ3n) is 3.11. The average molecular weight is 232 g/mol. The lowest BCUT2D eigenvalue weighted by molar-refractivity contribution is -0.0110. The summed E-state index contributed by atoms with van der Waals surface area (Å²) in [5, 5.41) is 13.6. The van der Waals surface area contributed by atoms with Gasteiger partial charge in [-0.3, -0.25) is 0 Å². The van der Waals surface area contributed by atoms with E-state index < -0.39 is 5.60 Å². The van der Waals surface area contributed by atoms with E-state index in [2.05, 4.69) is 12.2 Å². The van der Waals surface area contributed by atoms with Crippen molar-refractivity contribution in [3.05, 3.63) is 11.1 Å². The summed E-state index contributed by atoms with van der Waals surface area (Å²) >= 11 is 5.57. The number of aliphatic hydroxyl groups is 1. The van der Waals surface area contributed by atoms with Crippen molar-refractivity contribution in [3.63, 3.8) is 0 Å². The van der Waals surface area contributed by atoms with Gasteiger partial charge < -0.3 is 10.4 Å². The molecular formula is C12H22ClNO. The summed E-state index contributed by atoms with van der Waals surface area (Å²) in [5.74, 6) is 0.648. The van der Waals surface area contributed by atoms with Gasteiger partial charge in [-0.2, -0.15) is 0 Å². The average Bonchev–Trinajstić information content (AvgIpc) is 2.16. The molecule has 3 heteroatoms. The Balaban J connectivity index is 2.29. The van der Waals surface area contributed by atoms with Crippen LogP contribution in [0, 0.1) is 5.92 Å². The van der Waals surface area contributed by atoms with Gasteiger partial charge in [-0.15, -0.1) is 0 Å². The van der Waals surface area contributed by atoms with Crippen LogP contribution in [0.1, 0.15) is 39.5 Å². The quantitative estimate of drug-likeness (QED) is 0.780. The standard InChI is InChI=1S/C12H22ClNO/c1-10-4-3-5-12(15,6-10)9-14-8-11(2)7-13/h7,10,14-15H,3-6,8-9H2,1-2H3. The number of nitrogens with one attached hydrogen (secondary N) is 1. The summed E-state index contributed by atoms with van der Waals surface area (Å²) in [6.45, 7) is 5.64. The third-order valence-corrected chi connectivity index (χ3v) is 3.48. The molecule has 15 heavy (non-hydrogen) atoms. The highest BCUT2D eigenvalue weighted by molar-refractivity contribution is 6.25. The van der Waals surface area contributed by atoms with Crippen LogP contribution in [0.25, 0.3) is 0 Å². The van der Waals surface area contributed by atoms with Gasteiger partial charge in [0.2, 0.25) is 0 Å². The van der Waals surface area contributed by atoms with Gasteiger partial charge in [-0.1, -0.05) is 31.4 Å². The molecule has 0 heterocycles. The van der Waals surface area contributed by atoms with Gasteiger partial charge in [-0.05, 0) is 31.3 Å². The van der Waals surface area contributed by atoms with Crippen LogP contribution in [0.4, 0.5) is 0 Å². The summed E-state index contributed by atoms with van der Waals surface area (Å²) < 4.78 is 0. The lowest BCUT2D eigenvalue weighted by atomic mass is 9.79. The van der Waals surface area contributed by atoms with Gasteiger partial charge in [0.25, 0.3) is 0 Å². The lowest BCUT2D eigenvalue weighted by Gasteiger charge is -2.35. The van der Waals surface area contributed by atoms with Crippen molar-refractivity contribution in [1.29, 1.82) is 0 Å². The van der Waals surface area contributed by atoms with E-state index in [0.717, 1.165) is 31.4 Å². The van der Waals surface area contributed by atoms with Crippen molar-refractivity contribution in [2.45, 2.75) is 45.1 Å². The molecule has 0 aromatic heterocycles. The summed E-state index contributed by atoms with van der Waals surface area (Å²) in [6.07, 6.45) is 4.24. The van der Waals surface area contributed by atoms with Crippen molar-refractivity contribution >= 4 is 11.6 Å². The van der Waals surface area contributed by atoms with Crippen LogP contribution < -0.4 is 5.32 Å². The monoisotopic (exact) mass is 231 g/mol. The number of hydrogen-bond acceptors (Lipinski definition) is 2. The van der Waals surface area contributed by atoms with Crippen LogP contribution >= 0.6 is 11.6 Å². The minimum Gasteiger partial charge on any atom is -0.389 e. The summed E-state index contributed by atoms with van der Waals surface area (Å²) in [4.78, 5) is 0. The minimum atomic E-state index is -0.496. The lowest BCUT2D eigenvalue weighted by Crippen LogP contribution is -2.44. The van der Waals surface area contributed by atoms with Crippen LogP contribution in [-0.2, 0) is 0 Å². The molecule has 0 aromatic rings. The molecule has 0 saturated heterocycles. The molecule has 2 atom stereocenters. The molecule has 0 bridgehead atoms. The van der Waals surface area contributed by atoms with Crippen molar-refractivity contribution in [2.75, 3.05) is 13.1 Å². The van der Waals surface area contributed by atoms with Gasteiger partial charge in [-0.25, -0.2) is 0 Å². The largest absolute Gasteiger partial charge is 0.389 e. The smallest absolute Gasteiger partial charge is 0.0774 e. The first kappa shape index (κ1) is 13.0. The molecule has 1 rings (SSSR count). The van der Waals surface area contributed by atoms with Gasteiger partial charge in [0.05, 0.1) is 5.60 Å². The molecule has 1 aliphatic rings. The maximum Gasteiger partial charge on any atom is 0.0774 e. The van der Waals surface area contributed by atoms with Crippen LogP contribution in [0.15, 0.2) is 11.1 Å². The Kier molecular flexibility index (Phi) is 5.10. The van der Waals surface area contributed by atoms with Crippen molar-refractivity contribution in [1.82, 2.24) is 5.32 Å². The molecular weight excluding hydrogens is 210 g/mol. The maximum absolute atomic E-state index is 10.3. The fraction of sp³-hybridized carbons (Fsp3) is 0.833. The first-order valence-corrected chi connectivity index (χ1v) is 6.18. The van der Waals surface area contributed by atoms with Crippen LogP contribution in [0.3, 0.4) is 0 Å². The highest BCUT2D eigenvalue weighted by Gasteiger charge is 2.31. The minimum absolute atomic E-state index is 0.496. The Hall–Kier alpha value is -0.0500. The van der Waals surface area contributed by atoms with Crippen molar-refractivity contribution in [2.24, 2.45) is 5.92 Å². The topological polar surface area (TPSA) is 32.3 Å². The zero-order valence-electron chi connectivity index (χ0n) is 9.72. The van der Waals surface area contributed by atoms with Gasteiger partial charge >= 0.3 is 0 Å². The Bertz CT molecular complexity index is 230. The Labute approximate surface area is 97.7 Å². The number of hydrogen-bond donors (Lipinski definition) is 2. The molecule has 1 aliphatic carbocycles. The van der Waals surface area contributed by atoms with E-state index in [9.17, 15) is 5.11 Å². The fourth-order valence-corrected chi connectivity index (χ4v) is 2.40. The third kappa shape index (κ3) is 4.54. The predicted octanol–water partition coefficient (Wildman–Crippen LogP) is 2.66. The highest BCUT2D eigenvalue weighted by atomic mass is 35.5. The molecule has 0 amide bonds. The van der Waals surface area contributed by atoms with E-state index >= 15 is 0 Å². The van der Waals surface area contributed by atoms with E-state index in [4.69, 9.17) is 11.6 Å². The zero-order valence-corrected chi connectivity index (χ0v) is 10.5. The van der Waals surface area contributed by atoms with Gasteiger partial charge in [0, 0.05) is 18.6 Å². The van der Waals surface area contributed by atoms with E-state index in [0.29, 0.717) is 12.5 Å². The molecule has 2 nitrogen and oxygen atoms in total. The van der Waals surface area contributed by atoms with E-state index in [1.807, 2.05) is 6.92 Å². The maximum atomic E-state index is 10.3. The first-order valence-electron chi connectivity index (χ1n) is 5.75. The van der Waals surface area contributed by atoms with Crippen LogP contribution in [0.2, 0.25) is 0 Å². The molecule has 0 aliphatic heterocycles. The summed E-state index contributed by atoms with van der Waals surface area (Å²) in [6, 6.07) is 0. The van der Waals surface area contributed by atoms with E-state index in [-0.39, 0.29) is 0 Å². The number of halogens is 1. The van der Waals surface area contributed by atoms with E-state index in [1.54, 1.807) is 5.54 Å². The summed E-state index contributed by atoms with van der Waals surface area (Å²) in [5.41, 5.74) is 2.19. The second-order valence-electron chi connectivity index (χ2n) is 4.98. The second kappa shape index (κ2) is 5.88. The molecule has 2 unspecified atom stereocenters. The first-order chi connectivity index (χ1) is 7.06. The fourth-order valence-electron chi connectivity index (χ4n) is 2.32. The van der Waals surface area contributed by atoms with Crippen molar-refractivity contribution in [3.8, 4) is 0 Å². The molecule has 0 spiro atoms. The Morgan fingerprint density at radius 1 is 1.67 bits per heavy atom. The second-order valence-corrected chi connectivity index (χ2v) is 5.20. The highest BCUT2D eigenvalue weighted by Crippen LogP contribution is 2.31. The predicted molar refractivity (Wildman–Crippen MR) is 65.1 cm³/mol. The van der Waals surface area contributed by atoms with E-state index in [1.165, 1.54) is 6.42 Å². The van der Waals surface area contributed by atoms with Gasteiger partial charge in [0.15, 0.2) is 0 Å². The van der Waals surface area contributed by atoms with Crippen LogP contribution in [-0.4, -0.2) is 23.8 Å². The van der Waals surface area contributed by atoms with Crippen molar-refractivity contribution < 1.29 is 5.11 Å². The molecule has 1 saturated carbocycles. The Morgan fingerprint density at radius 3 is 3.00 bits per heavy atom. The summed E-state index contributed by atoms with van der Waals surface area (Å²) in [7, 11) is 0. The molecule has 88 valence electrons. The van der Waals surface area contributed by atoms with Gasteiger partial charge in [0.1, 0.15) is 0 Å². The van der Waals surface area contributed by atoms with Crippen LogP contribution in [0.5, 0.6) is 0 Å². The molecule has 0 radical (unpaired) electrons. The molecule has 0 aromatic carbocycles.